The summed E-state index contributed by atoms with van der Waals surface area (Å²) in [4.78, 5) is 0. The molecular formula is C6H13ClN2. The molecule has 54 valence electrons. The molecule has 1 atom stereocenters. The number of rotatable bonds is 1. The molecule has 0 amide bonds. The van der Waals surface area contributed by atoms with E-state index in [1.54, 1.807) is 0 Å². The zero-order valence-electron chi connectivity index (χ0n) is 5.77. The van der Waals surface area contributed by atoms with E-state index in [1.165, 1.54) is 0 Å². The molecule has 1 aliphatic rings. The van der Waals surface area contributed by atoms with E-state index >= 15 is 0 Å². The molecule has 0 bridgehead atoms. The van der Waals surface area contributed by atoms with Crippen LogP contribution in [0.5, 0.6) is 0 Å². The fraction of sp³-hybridized carbons (Fsp3) is 0.833. The van der Waals surface area contributed by atoms with Gasteiger partial charge in [-0.15, -0.1) is 12.4 Å². The van der Waals surface area contributed by atoms with Crippen LogP contribution in [-0.4, -0.2) is 5.84 Å². The summed E-state index contributed by atoms with van der Waals surface area (Å²) in [5, 5.41) is 7.04. The van der Waals surface area contributed by atoms with Gasteiger partial charge in [0.25, 0.3) is 0 Å². The molecule has 0 aliphatic heterocycles. The van der Waals surface area contributed by atoms with Gasteiger partial charge in [0.1, 0.15) is 0 Å². The van der Waals surface area contributed by atoms with Crippen molar-refractivity contribution < 1.29 is 0 Å². The Hall–Kier alpha value is -0.240. The van der Waals surface area contributed by atoms with Gasteiger partial charge in [-0.05, 0) is 11.8 Å². The molecule has 1 fully saturated rings. The predicted octanol–water partition coefficient (Wildman–Crippen LogP) is 1.39. The maximum Gasteiger partial charge on any atom is 0.0942 e. The zero-order chi connectivity index (χ0) is 6.36. The van der Waals surface area contributed by atoms with E-state index in [9.17, 15) is 0 Å². The Bertz CT molecular complexity index is 131. The van der Waals surface area contributed by atoms with Crippen LogP contribution in [0.4, 0.5) is 0 Å². The van der Waals surface area contributed by atoms with Crippen molar-refractivity contribution in [2.75, 3.05) is 0 Å². The Morgan fingerprint density at radius 1 is 1.67 bits per heavy atom. The van der Waals surface area contributed by atoms with Crippen molar-refractivity contribution in [3.05, 3.63) is 0 Å². The molecule has 0 spiro atoms. The van der Waals surface area contributed by atoms with Crippen LogP contribution < -0.4 is 5.73 Å². The van der Waals surface area contributed by atoms with E-state index in [-0.39, 0.29) is 12.4 Å². The monoisotopic (exact) mass is 148 g/mol. The quantitative estimate of drug-likeness (QED) is 0.429. The Morgan fingerprint density at radius 3 is 2.00 bits per heavy atom. The van der Waals surface area contributed by atoms with E-state index in [0.29, 0.717) is 17.2 Å². The lowest BCUT2D eigenvalue weighted by atomic mass is 10.1. The highest BCUT2D eigenvalue weighted by atomic mass is 35.5. The third kappa shape index (κ3) is 1.58. The first-order valence-electron chi connectivity index (χ1n) is 2.88. The summed E-state index contributed by atoms with van der Waals surface area (Å²) < 4.78 is 0. The lowest BCUT2D eigenvalue weighted by molar-refractivity contribution is 0.619. The summed E-state index contributed by atoms with van der Waals surface area (Å²) in [5.41, 5.74) is 5.60. The fourth-order valence-corrected chi connectivity index (χ4v) is 0.998. The van der Waals surface area contributed by atoms with E-state index in [0.717, 1.165) is 6.42 Å². The number of hydrogen-bond acceptors (Lipinski definition) is 1. The number of nitrogens with one attached hydrogen (secondary N) is 1. The minimum absolute atomic E-state index is 0. The first kappa shape index (κ1) is 8.76. The van der Waals surface area contributed by atoms with Crippen LogP contribution in [0, 0.1) is 16.7 Å². The molecule has 0 aromatic heterocycles. The highest BCUT2D eigenvalue weighted by molar-refractivity contribution is 5.85. The second kappa shape index (κ2) is 2.18. The standard InChI is InChI=1S/C6H12N2.ClH/c1-6(2)3-4(6)5(7)8;/h4H,3H2,1-2H3,(H3,7,8);1H. The van der Waals surface area contributed by atoms with Crippen LogP contribution >= 0.6 is 12.4 Å². The van der Waals surface area contributed by atoms with Crippen molar-refractivity contribution in [1.29, 1.82) is 5.41 Å². The molecule has 0 heterocycles. The van der Waals surface area contributed by atoms with Crippen molar-refractivity contribution in [3.8, 4) is 0 Å². The molecular weight excluding hydrogens is 136 g/mol. The lowest BCUT2D eigenvalue weighted by Gasteiger charge is -1.97. The van der Waals surface area contributed by atoms with Crippen molar-refractivity contribution in [2.45, 2.75) is 20.3 Å². The van der Waals surface area contributed by atoms with Crippen molar-refractivity contribution in [2.24, 2.45) is 17.1 Å². The predicted molar refractivity (Wildman–Crippen MR) is 41.1 cm³/mol. The molecule has 0 aromatic rings. The van der Waals surface area contributed by atoms with Gasteiger partial charge in [-0.2, -0.15) is 0 Å². The van der Waals surface area contributed by atoms with E-state index in [2.05, 4.69) is 13.8 Å². The Balaban J connectivity index is 0.000000640. The summed E-state index contributed by atoms with van der Waals surface area (Å²) in [5.74, 6) is 0.734. The van der Waals surface area contributed by atoms with E-state index in [4.69, 9.17) is 11.1 Å². The third-order valence-corrected chi connectivity index (χ3v) is 1.89. The molecule has 9 heavy (non-hydrogen) atoms. The number of amidine groups is 1. The van der Waals surface area contributed by atoms with Crippen molar-refractivity contribution >= 4 is 18.2 Å². The van der Waals surface area contributed by atoms with Crippen LogP contribution in [0.1, 0.15) is 20.3 Å². The summed E-state index contributed by atoms with van der Waals surface area (Å²) in [6.07, 6.45) is 1.10. The largest absolute Gasteiger partial charge is 0.387 e. The molecule has 0 saturated heterocycles. The minimum atomic E-state index is 0. The Labute approximate surface area is 61.7 Å². The molecule has 1 saturated carbocycles. The second-order valence-corrected chi connectivity index (χ2v) is 3.20. The average Bonchev–Trinajstić information content (AvgIpc) is 2.13. The molecule has 0 aromatic carbocycles. The van der Waals surface area contributed by atoms with Gasteiger partial charge >= 0.3 is 0 Å². The summed E-state index contributed by atoms with van der Waals surface area (Å²) in [6.45, 7) is 4.28. The number of hydrogen-bond donors (Lipinski definition) is 2. The Morgan fingerprint density at radius 2 is 2.00 bits per heavy atom. The molecule has 3 N–H and O–H groups in total. The summed E-state index contributed by atoms with van der Waals surface area (Å²) >= 11 is 0. The van der Waals surface area contributed by atoms with Crippen LogP contribution in [-0.2, 0) is 0 Å². The minimum Gasteiger partial charge on any atom is -0.387 e. The van der Waals surface area contributed by atoms with Crippen LogP contribution in [0.25, 0.3) is 0 Å². The maximum atomic E-state index is 7.04. The summed E-state index contributed by atoms with van der Waals surface area (Å²) in [7, 11) is 0. The normalized spacial score (nSPS) is 28.4. The van der Waals surface area contributed by atoms with Crippen LogP contribution in [0.2, 0.25) is 0 Å². The number of halogens is 1. The van der Waals surface area contributed by atoms with Crippen molar-refractivity contribution in [3.63, 3.8) is 0 Å². The van der Waals surface area contributed by atoms with Gasteiger partial charge in [0.2, 0.25) is 0 Å². The third-order valence-electron chi connectivity index (χ3n) is 1.89. The molecule has 0 radical (unpaired) electrons. The fourth-order valence-electron chi connectivity index (χ4n) is 0.998. The smallest absolute Gasteiger partial charge is 0.0942 e. The highest BCUT2D eigenvalue weighted by Crippen LogP contribution is 2.51. The topological polar surface area (TPSA) is 49.9 Å². The highest BCUT2D eigenvalue weighted by Gasteiger charge is 2.47. The first-order valence-corrected chi connectivity index (χ1v) is 2.88. The molecule has 1 aliphatic carbocycles. The van der Waals surface area contributed by atoms with Gasteiger partial charge in [0.15, 0.2) is 0 Å². The van der Waals surface area contributed by atoms with Gasteiger partial charge in [-0.1, -0.05) is 13.8 Å². The molecule has 3 heteroatoms. The van der Waals surface area contributed by atoms with Gasteiger partial charge in [-0.3, -0.25) is 5.41 Å². The number of nitrogens with two attached hydrogens (primary N) is 1. The van der Waals surface area contributed by atoms with Gasteiger partial charge in [0, 0.05) is 5.92 Å². The van der Waals surface area contributed by atoms with Crippen molar-refractivity contribution in [1.82, 2.24) is 0 Å². The maximum absolute atomic E-state index is 7.04. The summed E-state index contributed by atoms with van der Waals surface area (Å²) in [6, 6.07) is 0. The van der Waals surface area contributed by atoms with Gasteiger partial charge in [-0.25, -0.2) is 0 Å². The molecule has 1 rings (SSSR count). The first-order chi connectivity index (χ1) is 3.54. The Kier molecular flexibility index (Phi) is 2.12. The van der Waals surface area contributed by atoms with Crippen LogP contribution in [0.15, 0.2) is 0 Å². The second-order valence-electron chi connectivity index (χ2n) is 3.20. The van der Waals surface area contributed by atoms with Crippen LogP contribution in [0.3, 0.4) is 0 Å². The lowest BCUT2D eigenvalue weighted by Crippen LogP contribution is -2.14. The SMILES string of the molecule is CC1(C)CC1C(=N)N.Cl. The zero-order valence-corrected chi connectivity index (χ0v) is 6.59. The molecule has 1 unspecified atom stereocenters. The van der Waals surface area contributed by atoms with E-state index < -0.39 is 0 Å². The molecule has 2 nitrogen and oxygen atoms in total. The van der Waals surface area contributed by atoms with Gasteiger partial charge in [0.05, 0.1) is 5.84 Å². The van der Waals surface area contributed by atoms with Gasteiger partial charge < -0.3 is 5.73 Å². The average molecular weight is 149 g/mol. The van der Waals surface area contributed by atoms with E-state index in [1.807, 2.05) is 0 Å².